The minimum absolute atomic E-state index is 0.00874. The third-order valence-electron chi connectivity index (χ3n) is 3.40. The molecule has 1 aromatic rings. The summed E-state index contributed by atoms with van der Waals surface area (Å²) in [7, 11) is 0. The number of aromatic carboxylic acids is 1. The second-order valence-electron chi connectivity index (χ2n) is 4.99. The number of anilines is 1. The molecule has 0 spiro atoms. The van der Waals surface area contributed by atoms with E-state index in [1.807, 2.05) is 11.8 Å². The number of hydrogen-bond donors (Lipinski definition) is 2. The molecule has 1 aliphatic heterocycles. The molecule has 1 saturated heterocycles. The molecule has 1 aliphatic rings. The summed E-state index contributed by atoms with van der Waals surface area (Å²) in [5.41, 5.74) is 0.637. The molecule has 0 bridgehead atoms. The highest BCUT2D eigenvalue weighted by molar-refractivity contribution is 5.86. The summed E-state index contributed by atoms with van der Waals surface area (Å²) in [6.45, 7) is 3.45. The number of piperidine rings is 1. The number of hydrogen-bond acceptors (Lipinski definition) is 4. The van der Waals surface area contributed by atoms with Crippen molar-refractivity contribution in [3.8, 4) is 0 Å². The molecule has 1 fully saturated rings. The van der Waals surface area contributed by atoms with E-state index < -0.39 is 5.97 Å². The second-order valence-corrected chi connectivity index (χ2v) is 4.99. The van der Waals surface area contributed by atoms with Crippen LogP contribution in [0.3, 0.4) is 0 Å². The Morgan fingerprint density at radius 3 is 2.55 bits per heavy atom. The van der Waals surface area contributed by atoms with Crippen molar-refractivity contribution < 1.29 is 14.7 Å². The standard InChI is InChI=1S/C14H19N3O3/c1-10(13(18)17-7-3-2-4-8-17)16-11-5-6-12(14(19)20)15-9-11/h5-6,9-10,16H,2-4,7-8H2,1H3,(H,19,20). The molecular formula is C14H19N3O3. The Morgan fingerprint density at radius 1 is 1.30 bits per heavy atom. The summed E-state index contributed by atoms with van der Waals surface area (Å²) in [6.07, 6.45) is 4.75. The zero-order valence-corrected chi connectivity index (χ0v) is 11.5. The highest BCUT2D eigenvalue weighted by atomic mass is 16.4. The summed E-state index contributed by atoms with van der Waals surface area (Å²) in [4.78, 5) is 28.6. The lowest BCUT2D eigenvalue weighted by molar-refractivity contribution is -0.132. The zero-order chi connectivity index (χ0) is 14.5. The molecule has 108 valence electrons. The van der Waals surface area contributed by atoms with E-state index in [2.05, 4.69) is 10.3 Å². The monoisotopic (exact) mass is 277 g/mol. The summed E-state index contributed by atoms with van der Waals surface area (Å²) in [5, 5.41) is 11.8. The number of nitrogens with one attached hydrogen (secondary N) is 1. The predicted octanol–water partition coefficient (Wildman–Crippen LogP) is 1.59. The lowest BCUT2D eigenvalue weighted by atomic mass is 10.1. The molecule has 2 heterocycles. The van der Waals surface area contributed by atoms with Gasteiger partial charge < -0.3 is 15.3 Å². The van der Waals surface area contributed by atoms with Gasteiger partial charge in [0.2, 0.25) is 5.91 Å². The van der Waals surface area contributed by atoms with Gasteiger partial charge in [0.25, 0.3) is 0 Å². The first-order valence-electron chi connectivity index (χ1n) is 6.82. The molecule has 2 N–H and O–H groups in total. The molecule has 20 heavy (non-hydrogen) atoms. The molecular weight excluding hydrogens is 258 g/mol. The van der Waals surface area contributed by atoms with Gasteiger partial charge in [-0.1, -0.05) is 0 Å². The van der Waals surface area contributed by atoms with Crippen molar-refractivity contribution in [2.24, 2.45) is 0 Å². The molecule has 0 aliphatic carbocycles. The molecule has 0 saturated carbocycles. The number of likely N-dealkylation sites (tertiary alicyclic amines) is 1. The Hall–Kier alpha value is -2.11. The molecule has 1 atom stereocenters. The van der Waals surface area contributed by atoms with Gasteiger partial charge in [-0.15, -0.1) is 0 Å². The lowest BCUT2D eigenvalue weighted by Crippen LogP contribution is -2.43. The average Bonchev–Trinajstić information content (AvgIpc) is 2.48. The van der Waals surface area contributed by atoms with Crippen molar-refractivity contribution in [1.29, 1.82) is 0 Å². The maximum atomic E-state index is 12.2. The Labute approximate surface area is 117 Å². The third-order valence-corrected chi connectivity index (χ3v) is 3.40. The number of carbonyl (C=O) groups is 2. The van der Waals surface area contributed by atoms with Crippen molar-refractivity contribution in [2.45, 2.75) is 32.2 Å². The van der Waals surface area contributed by atoms with Crippen LogP contribution in [0.1, 0.15) is 36.7 Å². The van der Waals surface area contributed by atoms with Gasteiger partial charge in [0, 0.05) is 13.1 Å². The maximum Gasteiger partial charge on any atom is 0.354 e. The number of rotatable bonds is 4. The van der Waals surface area contributed by atoms with Crippen LogP contribution in [0.5, 0.6) is 0 Å². The Balaban J connectivity index is 1.94. The zero-order valence-electron chi connectivity index (χ0n) is 11.5. The van der Waals surface area contributed by atoms with E-state index in [4.69, 9.17) is 5.11 Å². The first-order valence-corrected chi connectivity index (χ1v) is 6.82. The molecule has 6 nitrogen and oxygen atoms in total. The predicted molar refractivity (Wildman–Crippen MR) is 74.7 cm³/mol. The molecule has 1 aromatic heterocycles. The minimum atomic E-state index is -1.06. The SMILES string of the molecule is CC(Nc1ccc(C(=O)O)nc1)C(=O)N1CCCCC1. The lowest BCUT2D eigenvalue weighted by Gasteiger charge is -2.29. The number of nitrogens with zero attached hydrogens (tertiary/aromatic N) is 2. The fraction of sp³-hybridized carbons (Fsp3) is 0.500. The number of amides is 1. The number of carboxylic acids is 1. The maximum absolute atomic E-state index is 12.2. The van der Waals surface area contributed by atoms with Gasteiger partial charge in [0.1, 0.15) is 11.7 Å². The van der Waals surface area contributed by atoms with Crippen molar-refractivity contribution in [3.63, 3.8) is 0 Å². The van der Waals surface area contributed by atoms with Gasteiger partial charge in [-0.05, 0) is 38.3 Å². The number of carboxylic acid groups (broad SMARTS) is 1. The van der Waals surface area contributed by atoms with Crippen LogP contribution in [0, 0.1) is 0 Å². The number of carbonyl (C=O) groups excluding carboxylic acids is 1. The minimum Gasteiger partial charge on any atom is -0.477 e. The summed E-state index contributed by atoms with van der Waals surface area (Å²) in [6, 6.07) is 2.70. The molecule has 6 heteroatoms. The topological polar surface area (TPSA) is 82.5 Å². The van der Waals surface area contributed by atoms with Gasteiger partial charge in [-0.3, -0.25) is 4.79 Å². The third kappa shape index (κ3) is 3.46. The number of aromatic nitrogens is 1. The molecule has 2 rings (SSSR count). The molecule has 1 unspecified atom stereocenters. The van der Waals surface area contributed by atoms with E-state index in [0.29, 0.717) is 5.69 Å². The van der Waals surface area contributed by atoms with E-state index >= 15 is 0 Å². The first-order chi connectivity index (χ1) is 9.58. The van der Waals surface area contributed by atoms with Gasteiger partial charge >= 0.3 is 5.97 Å². The average molecular weight is 277 g/mol. The molecule has 0 aromatic carbocycles. The Bertz CT molecular complexity index is 481. The summed E-state index contributed by atoms with van der Waals surface area (Å²) >= 11 is 0. The fourth-order valence-electron chi connectivity index (χ4n) is 2.31. The van der Waals surface area contributed by atoms with Crippen LogP contribution in [0.2, 0.25) is 0 Å². The van der Waals surface area contributed by atoms with Crippen LogP contribution in [-0.4, -0.2) is 46.0 Å². The fourth-order valence-corrected chi connectivity index (χ4v) is 2.31. The van der Waals surface area contributed by atoms with Gasteiger partial charge in [-0.25, -0.2) is 9.78 Å². The Morgan fingerprint density at radius 2 is 2.00 bits per heavy atom. The van der Waals surface area contributed by atoms with E-state index in [0.717, 1.165) is 25.9 Å². The van der Waals surface area contributed by atoms with E-state index in [9.17, 15) is 9.59 Å². The molecule has 0 radical (unpaired) electrons. The van der Waals surface area contributed by atoms with Gasteiger partial charge in [0.15, 0.2) is 0 Å². The van der Waals surface area contributed by atoms with Crippen LogP contribution in [0.15, 0.2) is 18.3 Å². The number of pyridine rings is 1. The van der Waals surface area contributed by atoms with Crippen LogP contribution in [0.4, 0.5) is 5.69 Å². The van der Waals surface area contributed by atoms with E-state index in [-0.39, 0.29) is 17.6 Å². The quantitative estimate of drug-likeness (QED) is 0.873. The molecule has 1 amide bonds. The van der Waals surface area contributed by atoms with Gasteiger partial charge in [0.05, 0.1) is 11.9 Å². The largest absolute Gasteiger partial charge is 0.477 e. The van der Waals surface area contributed by atoms with E-state index in [1.165, 1.54) is 18.7 Å². The second kappa shape index (κ2) is 6.36. The van der Waals surface area contributed by atoms with Crippen LogP contribution < -0.4 is 5.32 Å². The normalized spacial score (nSPS) is 16.6. The van der Waals surface area contributed by atoms with Crippen molar-refractivity contribution in [1.82, 2.24) is 9.88 Å². The van der Waals surface area contributed by atoms with Crippen LogP contribution in [0.25, 0.3) is 0 Å². The smallest absolute Gasteiger partial charge is 0.354 e. The summed E-state index contributed by atoms with van der Waals surface area (Å²) < 4.78 is 0. The van der Waals surface area contributed by atoms with Crippen molar-refractivity contribution >= 4 is 17.6 Å². The van der Waals surface area contributed by atoms with Crippen molar-refractivity contribution in [2.75, 3.05) is 18.4 Å². The first kappa shape index (κ1) is 14.3. The van der Waals surface area contributed by atoms with Crippen LogP contribution in [-0.2, 0) is 4.79 Å². The highest BCUT2D eigenvalue weighted by Crippen LogP contribution is 2.13. The summed E-state index contributed by atoms with van der Waals surface area (Å²) in [5.74, 6) is -0.985. The Kier molecular flexibility index (Phi) is 4.55. The van der Waals surface area contributed by atoms with E-state index in [1.54, 1.807) is 6.07 Å². The van der Waals surface area contributed by atoms with Gasteiger partial charge in [-0.2, -0.15) is 0 Å². The van der Waals surface area contributed by atoms with Crippen molar-refractivity contribution in [3.05, 3.63) is 24.0 Å². The van der Waals surface area contributed by atoms with Crippen LogP contribution >= 0.6 is 0 Å². The highest BCUT2D eigenvalue weighted by Gasteiger charge is 2.21.